The van der Waals surface area contributed by atoms with Crippen LogP contribution in [-0.2, 0) is 0 Å². The molecular formula is C66H46. The Kier molecular flexibility index (Phi) is 11.1. The SMILES string of the molecule is C(=C(c1ccccc1)c1ccccc1)c1cccc(-c2ccccc2-c2c3ccccc3c(-c3ccccc3-c3cccc(C=C(c4ccccc4)c4ccccc4)c3)c3ccccc23)c1. The van der Waals surface area contributed by atoms with Crippen LogP contribution < -0.4 is 0 Å². The lowest BCUT2D eigenvalue weighted by atomic mass is 9.82. The third-order valence-corrected chi connectivity index (χ3v) is 12.7. The van der Waals surface area contributed by atoms with Crippen LogP contribution in [0.3, 0.4) is 0 Å². The maximum Gasteiger partial charge on any atom is -0.00201 e. The summed E-state index contributed by atoms with van der Waals surface area (Å²) in [6.07, 6.45) is 4.65. The molecule has 0 aromatic heterocycles. The lowest BCUT2D eigenvalue weighted by Crippen LogP contribution is -1.94. The molecule has 0 unspecified atom stereocenters. The monoisotopic (exact) mass is 838 g/mol. The van der Waals surface area contributed by atoms with Gasteiger partial charge in [-0.1, -0.05) is 255 Å². The zero-order valence-electron chi connectivity index (χ0n) is 36.6. The molecule has 0 bridgehead atoms. The maximum atomic E-state index is 2.34. The van der Waals surface area contributed by atoms with Gasteiger partial charge in [0.15, 0.2) is 0 Å². The summed E-state index contributed by atoms with van der Waals surface area (Å²) in [5.74, 6) is 0. The predicted molar refractivity (Wildman–Crippen MR) is 283 cm³/mol. The van der Waals surface area contributed by atoms with Crippen molar-refractivity contribution in [2.75, 3.05) is 0 Å². The van der Waals surface area contributed by atoms with Gasteiger partial charge >= 0.3 is 0 Å². The van der Waals surface area contributed by atoms with E-state index in [9.17, 15) is 0 Å². The van der Waals surface area contributed by atoms with E-state index in [4.69, 9.17) is 0 Å². The fourth-order valence-corrected chi connectivity index (χ4v) is 9.68. The van der Waals surface area contributed by atoms with Gasteiger partial charge in [-0.05, 0) is 135 Å². The van der Waals surface area contributed by atoms with Gasteiger partial charge in [0.1, 0.15) is 0 Å². The molecule has 0 aliphatic carbocycles. The molecule has 0 aliphatic rings. The Labute approximate surface area is 387 Å². The summed E-state index contributed by atoms with van der Waals surface area (Å²) in [5.41, 5.74) is 19.2. The van der Waals surface area contributed by atoms with Crippen molar-refractivity contribution in [1.82, 2.24) is 0 Å². The molecule has 0 saturated heterocycles. The summed E-state index contributed by atoms with van der Waals surface area (Å²) in [5, 5.41) is 4.91. The summed E-state index contributed by atoms with van der Waals surface area (Å²) in [4.78, 5) is 0. The van der Waals surface area contributed by atoms with Gasteiger partial charge in [0, 0.05) is 0 Å². The Balaban J connectivity index is 1.06. The average molecular weight is 839 g/mol. The first kappa shape index (κ1) is 40.2. The first-order valence-corrected chi connectivity index (χ1v) is 22.7. The average Bonchev–Trinajstić information content (AvgIpc) is 3.40. The van der Waals surface area contributed by atoms with Gasteiger partial charge in [-0.3, -0.25) is 0 Å². The number of fused-ring (bicyclic) bond motifs is 2. The van der Waals surface area contributed by atoms with Crippen LogP contribution in [0.15, 0.2) is 267 Å². The number of rotatable bonds is 10. The van der Waals surface area contributed by atoms with Crippen LogP contribution in [-0.4, -0.2) is 0 Å². The van der Waals surface area contributed by atoms with Crippen LogP contribution in [0.5, 0.6) is 0 Å². The molecule has 0 heterocycles. The van der Waals surface area contributed by atoms with Crippen LogP contribution in [0.1, 0.15) is 33.4 Å². The lowest BCUT2D eigenvalue weighted by Gasteiger charge is -2.21. The highest BCUT2D eigenvalue weighted by Crippen LogP contribution is 2.48. The third-order valence-electron chi connectivity index (χ3n) is 12.7. The van der Waals surface area contributed by atoms with Gasteiger partial charge < -0.3 is 0 Å². The molecule has 66 heavy (non-hydrogen) atoms. The van der Waals surface area contributed by atoms with E-state index >= 15 is 0 Å². The highest BCUT2D eigenvalue weighted by atomic mass is 14.2. The molecule has 11 rings (SSSR count). The van der Waals surface area contributed by atoms with Crippen molar-refractivity contribution < 1.29 is 0 Å². The zero-order valence-corrected chi connectivity index (χ0v) is 36.6. The molecule has 0 saturated carbocycles. The second kappa shape index (κ2) is 18.3. The van der Waals surface area contributed by atoms with E-state index < -0.39 is 0 Å². The first-order valence-electron chi connectivity index (χ1n) is 22.7. The molecule has 11 aromatic carbocycles. The van der Waals surface area contributed by atoms with E-state index in [1.54, 1.807) is 0 Å². The highest BCUT2D eigenvalue weighted by Gasteiger charge is 2.21. The molecule has 0 nitrogen and oxygen atoms in total. The van der Waals surface area contributed by atoms with Crippen molar-refractivity contribution in [1.29, 1.82) is 0 Å². The van der Waals surface area contributed by atoms with Crippen molar-refractivity contribution in [2.45, 2.75) is 0 Å². The molecule has 0 spiro atoms. The van der Waals surface area contributed by atoms with Crippen LogP contribution >= 0.6 is 0 Å². The lowest BCUT2D eigenvalue weighted by molar-refractivity contribution is 1.55. The quantitative estimate of drug-likeness (QED) is 0.0951. The van der Waals surface area contributed by atoms with Crippen molar-refractivity contribution in [3.05, 3.63) is 300 Å². The predicted octanol–water partition coefficient (Wildman–Crippen LogP) is 17.8. The molecule has 0 N–H and O–H groups in total. The fraction of sp³-hybridized carbons (Fsp3) is 0. The zero-order chi connectivity index (χ0) is 44.1. The van der Waals surface area contributed by atoms with Gasteiger partial charge in [-0.15, -0.1) is 0 Å². The van der Waals surface area contributed by atoms with E-state index in [2.05, 4.69) is 279 Å². The van der Waals surface area contributed by atoms with Gasteiger partial charge in [0.2, 0.25) is 0 Å². The van der Waals surface area contributed by atoms with E-state index in [1.807, 2.05) is 0 Å². The van der Waals surface area contributed by atoms with E-state index in [0.29, 0.717) is 0 Å². The van der Waals surface area contributed by atoms with E-state index in [0.717, 1.165) is 11.1 Å². The molecule has 0 amide bonds. The minimum Gasteiger partial charge on any atom is -0.0622 e. The number of hydrogen-bond donors (Lipinski definition) is 0. The van der Waals surface area contributed by atoms with Crippen LogP contribution in [0.2, 0.25) is 0 Å². The highest BCUT2D eigenvalue weighted by molar-refractivity contribution is 6.23. The Bertz CT molecular complexity index is 3160. The van der Waals surface area contributed by atoms with Crippen LogP contribution in [0.25, 0.3) is 89.4 Å². The van der Waals surface area contributed by atoms with E-state index in [-0.39, 0.29) is 0 Å². The van der Waals surface area contributed by atoms with Gasteiger partial charge in [0.25, 0.3) is 0 Å². The minimum atomic E-state index is 1.16. The fourth-order valence-electron chi connectivity index (χ4n) is 9.68. The van der Waals surface area contributed by atoms with Crippen LogP contribution in [0.4, 0.5) is 0 Å². The second-order valence-electron chi connectivity index (χ2n) is 16.8. The number of benzene rings is 11. The van der Waals surface area contributed by atoms with Crippen molar-refractivity contribution in [3.63, 3.8) is 0 Å². The van der Waals surface area contributed by atoms with Crippen molar-refractivity contribution >= 4 is 44.8 Å². The van der Waals surface area contributed by atoms with Gasteiger partial charge in [-0.2, -0.15) is 0 Å². The Hall–Kier alpha value is -8.58. The summed E-state index contributed by atoms with van der Waals surface area (Å²) >= 11 is 0. The van der Waals surface area contributed by atoms with E-state index in [1.165, 1.54) is 99.5 Å². The molecule has 0 fully saturated rings. The summed E-state index contributed by atoms with van der Waals surface area (Å²) in [7, 11) is 0. The summed E-state index contributed by atoms with van der Waals surface area (Å²) in [6, 6.07) is 96.6. The van der Waals surface area contributed by atoms with Crippen molar-refractivity contribution in [2.24, 2.45) is 0 Å². The maximum absolute atomic E-state index is 2.34. The Morgan fingerprint density at radius 2 is 0.500 bits per heavy atom. The standard InChI is InChI=1S/C66H46/c1-5-25-49(26-6-1)63(50-27-7-2-8-28-50)45-47-23-21-33-53(43-47)55-35-13-15-37-57(55)65-59-39-17-19-41-61(59)66(62-42-20-18-40-60(62)65)58-38-16-14-36-56(58)54-34-22-24-48(44-54)46-64(51-29-9-3-10-30-51)52-31-11-4-12-32-52/h1-46H. The molecular weight excluding hydrogens is 793 g/mol. The Morgan fingerprint density at radius 3 is 0.818 bits per heavy atom. The topological polar surface area (TPSA) is 0 Å². The summed E-state index contributed by atoms with van der Waals surface area (Å²) in [6.45, 7) is 0. The molecule has 0 aliphatic heterocycles. The summed E-state index contributed by atoms with van der Waals surface area (Å²) < 4.78 is 0. The van der Waals surface area contributed by atoms with Crippen molar-refractivity contribution in [3.8, 4) is 44.5 Å². The number of hydrogen-bond acceptors (Lipinski definition) is 0. The van der Waals surface area contributed by atoms with Gasteiger partial charge in [-0.25, -0.2) is 0 Å². The molecule has 0 heteroatoms. The smallest absolute Gasteiger partial charge is 0.00201 e. The second-order valence-corrected chi connectivity index (χ2v) is 16.8. The molecule has 310 valence electrons. The van der Waals surface area contributed by atoms with Crippen LogP contribution in [0, 0.1) is 0 Å². The largest absolute Gasteiger partial charge is 0.0622 e. The molecule has 11 aromatic rings. The molecule has 0 radical (unpaired) electrons. The first-order chi connectivity index (χ1) is 32.8. The normalized spacial score (nSPS) is 11.0. The molecule has 0 atom stereocenters. The minimum absolute atomic E-state index is 1.16. The Morgan fingerprint density at radius 1 is 0.227 bits per heavy atom. The van der Waals surface area contributed by atoms with Gasteiger partial charge in [0.05, 0.1) is 0 Å². The third kappa shape index (κ3) is 7.98.